The van der Waals surface area contributed by atoms with E-state index in [0.29, 0.717) is 0 Å². The van der Waals surface area contributed by atoms with Gasteiger partial charge in [-0.05, 0) is 13.3 Å². The largest absolute Gasteiger partial charge is 0.383 e. The van der Waals surface area contributed by atoms with Crippen LogP contribution in [0.1, 0.15) is 0 Å². The van der Waals surface area contributed by atoms with Crippen LogP contribution in [0.2, 0.25) is 0 Å². The number of likely N-dealkylation sites (N-methyl/N-ethyl adjacent to an activating group) is 1. The molecule has 0 rings (SSSR count). The Hall–Kier alpha value is 0.270. The van der Waals surface area contributed by atoms with Gasteiger partial charge in [-0.15, -0.1) is 24.0 Å². The molecule has 5 nitrogen and oxygen atoms in total. The number of aliphatic imine (C=N–C) groups is 1. The highest BCUT2D eigenvalue weighted by Crippen LogP contribution is 1.87. The lowest BCUT2D eigenvalue weighted by atomic mass is 10.5. The molecule has 0 saturated carbocycles. The normalized spacial score (nSPS) is 11.3. The van der Waals surface area contributed by atoms with E-state index in [4.69, 9.17) is 4.74 Å². The van der Waals surface area contributed by atoms with Crippen molar-refractivity contribution in [3.63, 3.8) is 0 Å². The maximum Gasteiger partial charge on any atom is 0.191 e. The topological polar surface area (TPSA) is 48.9 Å². The molecule has 2 N–H and O–H groups in total. The summed E-state index contributed by atoms with van der Waals surface area (Å²) in [6.45, 7) is 4.54. The standard InChI is InChI=1S/C11H26N4OS.HI/c1-12-11(14-6-10-17-4)13-5-7-15(2)8-9-16-3;/h5-10H2,1-4H3,(H2,12,13,14);1H. The van der Waals surface area contributed by atoms with Crippen molar-refractivity contribution in [2.24, 2.45) is 4.99 Å². The van der Waals surface area contributed by atoms with E-state index in [1.54, 1.807) is 14.2 Å². The molecule has 0 aliphatic heterocycles. The van der Waals surface area contributed by atoms with Gasteiger partial charge in [-0.1, -0.05) is 0 Å². The third kappa shape index (κ3) is 12.7. The number of hydrogen-bond acceptors (Lipinski definition) is 4. The van der Waals surface area contributed by atoms with E-state index in [1.807, 2.05) is 11.8 Å². The van der Waals surface area contributed by atoms with Crippen molar-refractivity contribution in [1.82, 2.24) is 15.5 Å². The molecule has 0 radical (unpaired) electrons. The molecule has 110 valence electrons. The van der Waals surface area contributed by atoms with Crippen LogP contribution in [-0.2, 0) is 4.74 Å². The monoisotopic (exact) mass is 390 g/mol. The van der Waals surface area contributed by atoms with Gasteiger partial charge in [-0.3, -0.25) is 4.99 Å². The van der Waals surface area contributed by atoms with Crippen molar-refractivity contribution in [3.8, 4) is 0 Å². The summed E-state index contributed by atoms with van der Waals surface area (Å²) in [5, 5.41) is 6.54. The highest BCUT2D eigenvalue weighted by Gasteiger charge is 1.99. The number of ether oxygens (including phenoxy) is 1. The zero-order valence-electron chi connectivity index (χ0n) is 11.9. The summed E-state index contributed by atoms with van der Waals surface area (Å²) < 4.78 is 5.03. The molecule has 0 fully saturated rings. The fourth-order valence-corrected chi connectivity index (χ4v) is 1.52. The fraction of sp³-hybridized carbons (Fsp3) is 0.909. The average molecular weight is 390 g/mol. The van der Waals surface area contributed by atoms with E-state index in [1.165, 1.54) is 0 Å². The van der Waals surface area contributed by atoms with Gasteiger partial charge < -0.3 is 20.3 Å². The van der Waals surface area contributed by atoms with E-state index in [0.717, 1.165) is 44.5 Å². The Bertz CT molecular complexity index is 207. The minimum Gasteiger partial charge on any atom is -0.383 e. The molecule has 0 heterocycles. The van der Waals surface area contributed by atoms with Crippen LogP contribution in [0.25, 0.3) is 0 Å². The molecule has 0 aromatic carbocycles. The average Bonchev–Trinajstić information content (AvgIpc) is 2.34. The highest BCUT2D eigenvalue weighted by atomic mass is 127. The van der Waals surface area contributed by atoms with E-state index in [-0.39, 0.29) is 24.0 Å². The van der Waals surface area contributed by atoms with Crippen molar-refractivity contribution >= 4 is 41.7 Å². The van der Waals surface area contributed by atoms with Gasteiger partial charge in [-0.2, -0.15) is 11.8 Å². The van der Waals surface area contributed by atoms with Gasteiger partial charge in [-0.25, -0.2) is 0 Å². The van der Waals surface area contributed by atoms with Gasteiger partial charge in [0.2, 0.25) is 0 Å². The van der Waals surface area contributed by atoms with Crippen molar-refractivity contribution in [3.05, 3.63) is 0 Å². The lowest BCUT2D eigenvalue weighted by Crippen LogP contribution is -2.42. The predicted octanol–water partition coefficient (Wildman–Crippen LogP) is 0.711. The smallest absolute Gasteiger partial charge is 0.191 e. The Morgan fingerprint density at radius 3 is 2.50 bits per heavy atom. The van der Waals surface area contributed by atoms with Crippen molar-refractivity contribution in [1.29, 1.82) is 0 Å². The molecule has 0 amide bonds. The SMILES string of the molecule is CN=C(NCCSC)NCCN(C)CCOC.I. The highest BCUT2D eigenvalue weighted by molar-refractivity contribution is 14.0. The van der Waals surface area contributed by atoms with Crippen molar-refractivity contribution in [2.75, 3.05) is 66.0 Å². The number of halogens is 1. The molecule has 0 aliphatic rings. The quantitative estimate of drug-likeness (QED) is 0.263. The van der Waals surface area contributed by atoms with Gasteiger partial charge in [0.05, 0.1) is 6.61 Å². The Kier molecular flexibility index (Phi) is 17.5. The Morgan fingerprint density at radius 2 is 1.94 bits per heavy atom. The number of guanidine groups is 1. The summed E-state index contributed by atoms with van der Waals surface area (Å²) in [6.07, 6.45) is 2.10. The third-order valence-corrected chi connectivity index (χ3v) is 2.90. The molecule has 0 aliphatic carbocycles. The van der Waals surface area contributed by atoms with E-state index < -0.39 is 0 Å². The van der Waals surface area contributed by atoms with Crippen LogP contribution in [-0.4, -0.2) is 76.9 Å². The molecule has 7 heteroatoms. The van der Waals surface area contributed by atoms with Crippen molar-refractivity contribution in [2.45, 2.75) is 0 Å². The molecule has 0 unspecified atom stereocenters. The number of nitrogens with zero attached hydrogens (tertiary/aromatic N) is 2. The molecule has 0 aromatic heterocycles. The first-order valence-corrected chi connectivity index (χ1v) is 7.25. The predicted molar refractivity (Wildman–Crippen MR) is 92.5 cm³/mol. The summed E-state index contributed by atoms with van der Waals surface area (Å²) in [4.78, 5) is 6.39. The van der Waals surface area contributed by atoms with Crippen LogP contribution in [0.15, 0.2) is 4.99 Å². The maximum atomic E-state index is 5.03. The summed E-state index contributed by atoms with van der Waals surface area (Å²) in [6, 6.07) is 0. The third-order valence-electron chi connectivity index (χ3n) is 2.29. The minimum atomic E-state index is 0. The summed E-state index contributed by atoms with van der Waals surface area (Å²) >= 11 is 1.82. The first-order chi connectivity index (χ1) is 8.24. The molecule has 0 saturated heterocycles. The van der Waals surface area contributed by atoms with Gasteiger partial charge in [0, 0.05) is 46.1 Å². The summed E-state index contributed by atoms with van der Waals surface area (Å²) in [5.74, 6) is 1.97. The molecule has 18 heavy (non-hydrogen) atoms. The zero-order valence-corrected chi connectivity index (χ0v) is 15.0. The second-order valence-electron chi connectivity index (χ2n) is 3.71. The Balaban J connectivity index is 0. The maximum absolute atomic E-state index is 5.03. The van der Waals surface area contributed by atoms with E-state index >= 15 is 0 Å². The number of hydrogen-bond donors (Lipinski definition) is 2. The summed E-state index contributed by atoms with van der Waals surface area (Å²) in [7, 11) is 5.61. The second-order valence-corrected chi connectivity index (χ2v) is 4.70. The van der Waals surface area contributed by atoms with Gasteiger partial charge in [0.1, 0.15) is 0 Å². The van der Waals surface area contributed by atoms with Crippen LogP contribution >= 0.6 is 35.7 Å². The van der Waals surface area contributed by atoms with Crippen LogP contribution < -0.4 is 10.6 Å². The Labute approximate surface area is 133 Å². The first kappa shape index (κ1) is 20.6. The molecule has 0 bridgehead atoms. The fourth-order valence-electron chi connectivity index (χ4n) is 1.22. The molecular formula is C11H27IN4OS. The van der Waals surface area contributed by atoms with Gasteiger partial charge in [0.15, 0.2) is 5.96 Å². The number of thioether (sulfide) groups is 1. The molecular weight excluding hydrogens is 363 g/mol. The van der Waals surface area contributed by atoms with E-state index in [9.17, 15) is 0 Å². The van der Waals surface area contributed by atoms with Crippen LogP contribution in [0.5, 0.6) is 0 Å². The van der Waals surface area contributed by atoms with Gasteiger partial charge in [0.25, 0.3) is 0 Å². The van der Waals surface area contributed by atoms with Gasteiger partial charge >= 0.3 is 0 Å². The van der Waals surface area contributed by atoms with Crippen LogP contribution in [0.3, 0.4) is 0 Å². The van der Waals surface area contributed by atoms with Crippen molar-refractivity contribution < 1.29 is 4.74 Å². The second kappa shape index (κ2) is 15.3. The lowest BCUT2D eigenvalue weighted by Gasteiger charge is -2.17. The minimum absolute atomic E-state index is 0. The number of rotatable bonds is 9. The molecule has 0 spiro atoms. The van der Waals surface area contributed by atoms with E-state index in [2.05, 4.69) is 33.8 Å². The van der Waals surface area contributed by atoms with Crippen LogP contribution in [0.4, 0.5) is 0 Å². The lowest BCUT2D eigenvalue weighted by molar-refractivity contribution is 0.162. The summed E-state index contributed by atoms with van der Waals surface area (Å²) in [5.41, 5.74) is 0. The number of methoxy groups -OCH3 is 1. The zero-order chi connectivity index (χ0) is 12.9. The molecule has 0 aromatic rings. The Morgan fingerprint density at radius 1 is 1.28 bits per heavy atom. The number of nitrogens with one attached hydrogen (secondary N) is 2. The van der Waals surface area contributed by atoms with Crippen LogP contribution in [0, 0.1) is 0 Å². The molecule has 0 atom stereocenters. The first-order valence-electron chi connectivity index (χ1n) is 5.85.